The van der Waals surface area contributed by atoms with E-state index in [0.29, 0.717) is 21.2 Å². The van der Waals surface area contributed by atoms with Crippen molar-refractivity contribution in [1.29, 1.82) is 0 Å². The lowest BCUT2D eigenvalue weighted by atomic mass is 10.0. The highest BCUT2D eigenvalue weighted by atomic mass is 35.5. The summed E-state index contributed by atoms with van der Waals surface area (Å²) in [7, 11) is 0. The Morgan fingerprint density at radius 3 is 2.28 bits per heavy atom. The van der Waals surface area contributed by atoms with Gasteiger partial charge in [0.1, 0.15) is 11.9 Å². The monoisotopic (exact) mass is 304 g/mol. The van der Waals surface area contributed by atoms with Gasteiger partial charge in [0.15, 0.2) is 0 Å². The zero-order chi connectivity index (χ0) is 13.3. The molecule has 0 bridgehead atoms. The number of hydrogen-bond donors (Lipinski definition) is 1. The van der Waals surface area contributed by atoms with Gasteiger partial charge >= 0.3 is 0 Å². The molecule has 18 heavy (non-hydrogen) atoms. The van der Waals surface area contributed by atoms with E-state index in [1.165, 1.54) is 18.2 Å². The van der Waals surface area contributed by atoms with Crippen LogP contribution in [0.5, 0.6) is 0 Å². The molecule has 5 heteroatoms. The second kappa shape index (κ2) is 5.45. The summed E-state index contributed by atoms with van der Waals surface area (Å²) in [6.07, 6.45) is -1.03. The predicted octanol–water partition coefficient (Wildman–Crippen LogP) is 4.87. The van der Waals surface area contributed by atoms with Gasteiger partial charge in [0.05, 0.1) is 5.02 Å². The van der Waals surface area contributed by atoms with E-state index in [9.17, 15) is 9.50 Å². The third-order valence-corrected chi connectivity index (χ3v) is 3.39. The minimum absolute atomic E-state index is 0.00755. The summed E-state index contributed by atoms with van der Waals surface area (Å²) in [6.45, 7) is 0. The van der Waals surface area contributed by atoms with Gasteiger partial charge in [-0.3, -0.25) is 0 Å². The minimum Gasteiger partial charge on any atom is -0.384 e. The number of hydrogen-bond acceptors (Lipinski definition) is 1. The van der Waals surface area contributed by atoms with Crippen LogP contribution in [0.2, 0.25) is 15.1 Å². The fourth-order valence-corrected chi connectivity index (χ4v) is 2.21. The summed E-state index contributed by atoms with van der Waals surface area (Å²) in [6, 6.07) is 8.84. The summed E-state index contributed by atoms with van der Waals surface area (Å²) < 4.78 is 13.3. The van der Waals surface area contributed by atoms with Crippen molar-refractivity contribution in [3.8, 4) is 0 Å². The molecule has 0 aliphatic heterocycles. The third kappa shape index (κ3) is 2.78. The molecule has 0 aromatic heterocycles. The molecule has 0 aliphatic rings. The molecule has 0 saturated heterocycles. The highest BCUT2D eigenvalue weighted by Gasteiger charge is 2.15. The lowest BCUT2D eigenvalue weighted by Gasteiger charge is -2.13. The van der Waals surface area contributed by atoms with Crippen molar-refractivity contribution in [1.82, 2.24) is 0 Å². The average molecular weight is 306 g/mol. The Kier molecular flexibility index (Phi) is 4.13. The van der Waals surface area contributed by atoms with Crippen molar-refractivity contribution < 1.29 is 9.50 Å². The molecule has 94 valence electrons. The van der Waals surface area contributed by atoms with Crippen LogP contribution in [0.15, 0.2) is 36.4 Å². The summed E-state index contributed by atoms with van der Waals surface area (Å²) in [4.78, 5) is 0. The van der Waals surface area contributed by atoms with Crippen LogP contribution < -0.4 is 0 Å². The van der Waals surface area contributed by atoms with Crippen molar-refractivity contribution >= 4 is 34.8 Å². The second-order valence-electron chi connectivity index (χ2n) is 3.74. The van der Waals surface area contributed by atoms with Crippen molar-refractivity contribution in [3.63, 3.8) is 0 Å². The van der Waals surface area contributed by atoms with Gasteiger partial charge in [-0.25, -0.2) is 4.39 Å². The number of aliphatic hydroxyl groups excluding tert-OH is 1. The molecule has 1 N–H and O–H groups in total. The van der Waals surface area contributed by atoms with Crippen LogP contribution in [-0.2, 0) is 0 Å². The molecule has 0 saturated carbocycles. The predicted molar refractivity (Wildman–Crippen MR) is 71.9 cm³/mol. The van der Waals surface area contributed by atoms with E-state index >= 15 is 0 Å². The number of aliphatic hydroxyl groups is 1. The molecule has 1 atom stereocenters. The molecule has 0 heterocycles. The van der Waals surface area contributed by atoms with E-state index in [-0.39, 0.29) is 5.02 Å². The van der Waals surface area contributed by atoms with Crippen LogP contribution in [0.4, 0.5) is 4.39 Å². The summed E-state index contributed by atoms with van der Waals surface area (Å²) in [5, 5.41) is 10.9. The Morgan fingerprint density at radius 1 is 0.944 bits per heavy atom. The number of halogens is 4. The van der Waals surface area contributed by atoms with Crippen LogP contribution >= 0.6 is 34.8 Å². The molecule has 0 amide bonds. The first-order valence-corrected chi connectivity index (χ1v) is 6.20. The maximum Gasteiger partial charge on any atom is 0.142 e. The summed E-state index contributed by atoms with van der Waals surface area (Å²) >= 11 is 17.3. The number of rotatable bonds is 2. The molecule has 1 unspecified atom stereocenters. The Morgan fingerprint density at radius 2 is 1.67 bits per heavy atom. The largest absolute Gasteiger partial charge is 0.384 e. The molecule has 0 fully saturated rings. The fraction of sp³-hybridized carbons (Fsp3) is 0.0769. The fourth-order valence-electron chi connectivity index (χ4n) is 1.59. The normalized spacial score (nSPS) is 12.5. The molecule has 0 aliphatic carbocycles. The highest BCUT2D eigenvalue weighted by molar-refractivity contribution is 6.35. The zero-order valence-electron chi connectivity index (χ0n) is 9.00. The Bertz CT molecular complexity index is 586. The maximum atomic E-state index is 13.3. The molecule has 1 nitrogen and oxygen atoms in total. The minimum atomic E-state index is -1.03. The topological polar surface area (TPSA) is 20.2 Å². The lowest BCUT2D eigenvalue weighted by Crippen LogP contribution is -2.01. The second-order valence-corrected chi connectivity index (χ2v) is 4.99. The highest BCUT2D eigenvalue weighted by Crippen LogP contribution is 2.31. The lowest BCUT2D eigenvalue weighted by molar-refractivity contribution is 0.220. The van der Waals surface area contributed by atoms with Crippen LogP contribution in [-0.4, -0.2) is 5.11 Å². The van der Waals surface area contributed by atoms with E-state index in [1.807, 2.05) is 0 Å². The zero-order valence-corrected chi connectivity index (χ0v) is 11.3. The molecule has 2 aromatic rings. The molecule has 0 spiro atoms. The quantitative estimate of drug-likeness (QED) is 0.839. The Labute approximate surface area is 119 Å². The number of benzene rings is 2. The first-order chi connectivity index (χ1) is 8.49. The van der Waals surface area contributed by atoms with Crippen molar-refractivity contribution in [2.45, 2.75) is 6.10 Å². The van der Waals surface area contributed by atoms with E-state index in [4.69, 9.17) is 34.8 Å². The van der Waals surface area contributed by atoms with Gasteiger partial charge in [-0.15, -0.1) is 0 Å². The standard InChI is InChI=1S/C13H8Cl3FO/c14-8-2-3-9(11(16)6-8)13(18)7-1-4-10(15)12(17)5-7/h1-6,13,18H. The maximum absolute atomic E-state index is 13.3. The molecule has 2 aromatic carbocycles. The first kappa shape index (κ1) is 13.6. The van der Waals surface area contributed by atoms with Crippen molar-refractivity contribution in [3.05, 3.63) is 68.4 Å². The van der Waals surface area contributed by atoms with Crippen molar-refractivity contribution in [2.24, 2.45) is 0 Å². The van der Waals surface area contributed by atoms with Gasteiger partial charge in [-0.05, 0) is 29.8 Å². The third-order valence-electron chi connectivity index (χ3n) is 2.52. The van der Waals surface area contributed by atoms with Crippen LogP contribution in [0.1, 0.15) is 17.2 Å². The van der Waals surface area contributed by atoms with Gasteiger partial charge in [0.25, 0.3) is 0 Å². The smallest absolute Gasteiger partial charge is 0.142 e. The van der Waals surface area contributed by atoms with Crippen LogP contribution in [0, 0.1) is 5.82 Å². The van der Waals surface area contributed by atoms with E-state index in [0.717, 1.165) is 0 Å². The van der Waals surface area contributed by atoms with Gasteiger partial charge < -0.3 is 5.11 Å². The van der Waals surface area contributed by atoms with Crippen LogP contribution in [0.3, 0.4) is 0 Å². The average Bonchev–Trinajstić information content (AvgIpc) is 2.32. The summed E-state index contributed by atoms with van der Waals surface area (Å²) in [5.74, 6) is -0.585. The van der Waals surface area contributed by atoms with E-state index in [1.54, 1.807) is 18.2 Å². The SMILES string of the molecule is OC(c1ccc(Cl)c(F)c1)c1ccc(Cl)cc1Cl. The molecule has 2 rings (SSSR count). The van der Waals surface area contributed by atoms with Crippen LogP contribution in [0.25, 0.3) is 0 Å². The van der Waals surface area contributed by atoms with Gasteiger partial charge in [0, 0.05) is 15.6 Å². The van der Waals surface area contributed by atoms with E-state index in [2.05, 4.69) is 0 Å². The molecule has 0 radical (unpaired) electrons. The molecular weight excluding hydrogens is 297 g/mol. The van der Waals surface area contributed by atoms with Gasteiger partial charge in [0.2, 0.25) is 0 Å². The Balaban J connectivity index is 2.41. The summed E-state index contributed by atoms with van der Waals surface area (Å²) in [5.41, 5.74) is 0.837. The molecular formula is C13H8Cl3FO. The Hall–Kier alpha value is -0.800. The van der Waals surface area contributed by atoms with E-state index < -0.39 is 11.9 Å². The van der Waals surface area contributed by atoms with Gasteiger partial charge in [-0.1, -0.05) is 46.9 Å². The first-order valence-electron chi connectivity index (χ1n) is 5.07. The van der Waals surface area contributed by atoms with Crippen molar-refractivity contribution in [2.75, 3.05) is 0 Å². The van der Waals surface area contributed by atoms with Gasteiger partial charge in [-0.2, -0.15) is 0 Å².